The highest BCUT2D eigenvalue weighted by atomic mass is 16.3. The fraction of sp³-hybridized carbons (Fsp3) is 0.531. The number of benzene rings is 2. The second-order valence-electron chi connectivity index (χ2n) is 8.68. The summed E-state index contributed by atoms with van der Waals surface area (Å²) in [4.78, 5) is 7.14. The highest BCUT2D eigenvalue weighted by Crippen LogP contribution is 2.36. The Balaban J connectivity index is 0.000000949. The summed E-state index contributed by atoms with van der Waals surface area (Å²) in [5.41, 5.74) is 9.38. The molecule has 1 aliphatic carbocycles. The Hall–Kier alpha value is -2.39. The molecule has 0 atom stereocenters. The van der Waals surface area contributed by atoms with Crippen molar-refractivity contribution in [2.45, 2.75) is 93.6 Å². The predicted molar refractivity (Wildman–Crippen MR) is 155 cm³/mol. The molecule has 2 aliphatic rings. The molecule has 3 nitrogen and oxygen atoms in total. The van der Waals surface area contributed by atoms with Crippen LogP contribution in [0.2, 0.25) is 0 Å². The van der Waals surface area contributed by atoms with Gasteiger partial charge in [-0.05, 0) is 69.2 Å². The largest absolute Gasteiger partial charge is 0.385 e. The Bertz CT molecular complexity index is 962. The molecule has 0 aromatic heterocycles. The molecule has 0 amide bonds. The molecule has 0 unspecified atom stereocenters. The molecule has 1 aliphatic heterocycles. The van der Waals surface area contributed by atoms with Crippen LogP contribution >= 0.6 is 0 Å². The molecule has 3 heteroatoms. The predicted octanol–water partition coefficient (Wildman–Crippen LogP) is 8.00. The molecule has 1 N–H and O–H groups in total. The van der Waals surface area contributed by atoms with Crippen molar-refractivity contribution in [1.82, 2.24) is 4.90 Å². The van der Waals surface area contributed by atoms with Gasteiger partial charge in [-0.15, -0.1) is 0 Å². The van der Waals surface area contributed by atoms with Crippen molar-refractivity contribution in [1.29, 1.82) is 0 Å². The van der Waals surface area contributed by atoms with Gasteiger partial charge in [-0.1, -0.05) is 89.1 Å². The average molecular weight is 479 g/mol. The van der Waals surface area contributed by atoms with Gasteiger partial charge in [0.05, 0.1) is 11.3 Å². The Labute approximate surface area is 216 Å². The van der Waals surface area contributed by atoms with E-state index in [1.54, 1.807) is 0 Å². The van der Waals surface area contributed by atoms with Crippen LogP contribution in [0.3, 0.4) is 0 Å². The van der Waals surface area contributed by atoms with Crippen molar-refractivity contribution >= 4 is 5.71 Å². The first kappa shape index (κ1) is 30.6. The fourth-order valence-corrected chi connectivity index (χ4v) is 4.83. The molecule has 0 bridgehead atoms. The molecule has 4 rings (SSSR count). The number of likely N-dealkylation sites (tertiary alicyclic amines) is 1. The van der Waals surface area contributed by atoms with Gasteiger partial charge in [-0.2, -0.15) is 0 Å². The van der Waals surface area contributed by atoms with E-state index in [9.17, 15) is 5.11 Å². The van der Waals surface area contributed by atoms with E-state index in [1.807, 2.05) is 48.6 Å². The molecule has 2 aromatic carbocycles. The first-order valence-electron chi connectivity index (χ1n) is 13.7. The number of hydrogen-bond acceptors (Lipinski definition) is 3. The van der Waals surface area contributed by atoms with Crippen molar-refractivity contribution in [3.05, 3.63) is 81.6 Å². The number of fused-ring (bicyclic) bond motifs is 1. The van der Waals surface area contributed by atoms with Crippen LogP contribution in [0.25, 0.3) is 0 Å². The van der Waals surface area contributed by atoms with E-state index in [0.717, 1.165) is 50.0 Å². The molecule has 35 heavy (non-hydrogen) atoms. The first-order valence-corrected chi connectivity index (χ1v) is 13.7. The summed E-state index contributed by atoms with van der Waals surface area (Å²) in [7, 11) is 1.91. The van der Waals surface area contributed by atoms with E-state index in [0.29, 0.717) is 0 Å². The second kappa shape index (κ2) is 14.9. The SMILES string of the molecule is CC.CC.CC.CN=C1/C(=C(\C)N2CCC(O)(c3ccc(C)cc3)CC2)CCc2ccc(C)cc21. The molecular formula is C32H50N2O. The molecular weight excluding hydrogens is 428 g/mol. The molecule has 1 fully saturated rings. The first-order chi connectivity index (χ1) is 16.9. The topological polar surface area (TPSA) is 35.8 Å². The smallest absolute Gasteiger partial charge is 0.0930 e. The van der Waals surface area contributed by atoms with Crippen molar-refractivity contribution < 1.29 is 5.11 Å². The van der Waals surface area contributed by atoms with E-state index in [1.165, 1.54) is 33.5 Å². The lowest BCUT2D eigenvalue weighted by atomic mass is 9.82. The summed E-state index contributed by atoms with van der Waals surface area (Å²) in [6, 6.07) is 15.1. The van der Waals surface area contributed by atoms with Gasteiger partial charge in [0.2, 0.25) is 0 Å². The van der Waals surface area contributed by atoms with E-state index >= 15 is 0 Å². The summed E-state index contributed by atoms with van der Waals surface area (Å²) in [6.07, 6.45) is 3.62. The number of piperidine rings is 1. The van der Waals surface area contributed by atoms with Crippen LogP contribution in [-0.2, 0) is 12.0 Å². The third kappa shape index (κ3) is 7.30. The van der Waals surface area contributed by atoms with Gasteiger partial charge >= 0.3 is 0 Å². The summed E-state index contributed by atoms with van der Waals surface area (Å²) in [5.74, 6) is 0. The molecule has 2 aromatic rings. The Morgan fingerprint density at radius 2 is 1.37 bits per heavy atom. The summed E-state index contributed by atoms with van der Waals surface area (Å²) in [6.45, 7) is 20.2. The van der Waals surface area contributed by atoms with Crippen LogP contribution in [0.15, 0.2) is 58.7 Å². The minimum atomic E-state index is -0.715. The van der Waals surface area contributed by atoms with Gasteiger partial charge in [0.15, 0.2) is 0 Å². The normalized spacial score (nSPS) is 18.6. The zero-order valence-electron chi connectivity index (χ0n) is 24.1. The molecule has 1 saturated heterocycles. The quantitative estimate of drug-likeness (QED) is 0.474. The molecule has 0 radical (unpaired) electrons. The molecule has 0 saturated carbocycles. The number of hydrogen-bond donors (Lipinski definition) is 1. The molecule has 1 heterocycles. The Kier molecular flexibility index (Phi) is 13.0. The van der Waals surface area contributed by atoms with E-state index in [4.69, 9.17) is 4.99 Å². The highest BCUT2D eigenvalue weighted by molar-refractivity contribution is 6.14. The standard InChI is InChI=1S/C26H32N2O.3C2H6/c1-18-6-10-22(11-7-18)26(29)13-15-28(16-14-26)20(3)23-12-9-21-8-5-19(2)17-24(21)25(23)27-4;3*1-2/h5-8,10-11,17,29H,9,12-16H2,1-4H3;3*1-2H3/b23-20+,27-25?;;;. The van der Waals surface area contributed by atoms with Gasteiger partial charge in [0.25, 0.3) is 0 Å². The van der Waals surface area contributed by atoms with Crippen LogP contribution in [0.5, 0.6) is 0 Å². The number of aliphatic hydroxyl groups is 1. The number of allylic oxidation sites excluding steroid dienone is 2. The van der Waals surface area contributed by atoms with E-state index < -0.39 is 5.60 Å². The summed E-state index contributed by atoms with van der Waals surface area (Å²) >= 11 is 0. The van der Waals surface area contributed by atoms with Gasteiger partial charge in [-0.25, -0.2) is 0 Å². The van der Waals surface area contributed by atoms with Crippen molar-refractivity contribution in [2.75, 3.05) is 20.1 Å². The summed E-state index contributed by atoms with van der Waals surface area (Å²) in [5, 5.41) is 11.2. The van der Waals surface area contributed by atoms with Gasteiger partial charge < -0.3 is 10.0 Å². The number of aliphatic imine (C=N–C) groups is 1. The maximum atomic E-state index is 11.2. The second-order valence-corrected chi connectivity index (χ2v) is 8.68. The lowest BCUT2D eigenvalue weighted by molar-refractivity contribution is -0.0187. The van der Waals surface area contributed by atoms with Gasteiger partial charge in [-0.3, -0.25) is 4.99 Å². The van der Waals surface area contributed by atoms with Crippen LogP contribution in [0.1, 0.15) is 95.5 Å². The average Bonchev–Trinajstić information content (AvgIpc) is 2.91. The van der Waals surface area contributed by atoms with Crippen molar-refractivity contribution in [2.24, 2.45) is 4.99 Å². The maximum absolute atomic E-state index is 11.2. The van der Waals surface area contributed by atoms with Crippen molar-refractivity contribution in [3.8, 4) is 0 Å². The van der Waals surface area contributed by atoms with Crippen LogP contribution in [0, 0.1) is 13.8 Å². The van der Waals surface area contributed by atoms with Crippen LogP contribution < -0.4 is 0 Å². The minimum absolute atomic E-state index is 0.715. The van der Waals surface area contributed by atoms with Crippen molar-refractivity contribution in [3.63, 3.8) is 0 Å². The molecule has 194 valence electrons. The highest BCUT2D eigenvalue weighted by Gasteiger charge is 2.35. The molecule has 0 spiro atoms. The van der Waals surface area contributed by atoms with Gasteiger partial charge in [0, 0.05) is 31.4 Å². The zero-order valence-corrected chi connectivity index (χ0v) is 24.1. The third-order valence-corrected chi connectivity index (χ3v) is 6.76. The van der Waals surface area contributed by atoms with Crippen LogP contribution in [-0.4, -0.2) is 35.9 Å². The monoisotopic (exact) mass is 478 g/mol. The minimum Gasteiger partial charge on any atom is -0.385 e. The lowest BCUT2D eigenvalue weighted by Crippen LogP contribution is -2.42. The number of aryl methyl sites for hydroxylation is 3. The number of rotatable bonds is 2. The van der Waals surface area contributed by atoms with Gasteiger partial charge in [0.1, 0.15) is 0 Å². The fourth-order valence-electron chi connectivity index (χ4n) is 4.83. The summed E-state index contributed by atoms with van der Waals surface area (Å²) < 4.78 is 0. The Morgan fingerprint density at radius 1 is 0.829 bits per heavy atom. The van der Waals surface area contributed by atoms with E-state index in [2.05, 4.69) is 68.1 Å². The third-order valence-electron chi connectivity index (χ3n) is 6.76. The van der Waals surface area contributed by atoms with E-state index in [-0.39, 0.29) is 0 Å². The lowest BCUT2D eigenvalue weighted by Gasteiger charge is -2.41. The maximum Gasteiger partial charge on any atom is 0.0930 e. The van der Waals surface area contributed by atoms with Crippen LogP contribution in [0.4, 0.5) is 0 Å². The Morgan fingerprint density at radius 3 is 1.91 bits per heavy atom. The number of nitrogens with zero attached hydrogens (tertiary/aromatic N) is 2. The zero-order chi connectivity index (χ0) is 26.6.